The molecule has 1 aromatic rings. The van der Waals surface area contributed by atoms with Gasteiger partial charge in [-0.1, -0.05) is 0 Å². The van der Waals surface area contributed by atoms with Gasteiger partial charge in [0.2, 0.25) is 0 Å². The lowest BCUT2D eigenvalue weighted by atomic mass is 10.6. The van der Waals surface area contributed by atoms with E-state index in [4.69, 9.17) is 5.39 Å². The Labute approximate surface area is 45.8 Å². The summed E-state index contributed by atoms with van der Waals surface area (Å²) in [6.45, 7) is 0. The van der Waals surface area contributed by atoms with E-state index >= 15 is 0 Å². The number of rotatable bonds is 0. The number of aromatic nitrogens is 2. The number of diazo groups is 1. The van der Waals surface area contributed by atoms with Crippen LogP contribution in [0.15, 0.2) is 18.3 Å². The summed E-state index contributed by atoms with van der Waals surface area (Å²) in [5.41, 5.74) is 0. The Morgan fingerprint density at radius 1 is 1.62 bits per heavy atom. The molecule has 0 aliphatic rings. The minimum atomic E-state index is 0.229. The topological polar surface area (TPSA) is 53.9 Å². The standard InChI is InChI=1S/C4H3N4/c5-7-4-2-1-3-6-8-4/h1-3H/q+1. The Balaban J connectivity index is 3.05. The minimum absolute atomic E-state index is 0.229. The first-order valence-corrected chi connectivity index (χ1v) is 2.06. The monoisotopic (exact) mass is 107 g/mol. The van der Waals surface area contributed by atoms with Gasteiger partial charge < -0.3 is 0 Å². The molecule has 0 aliphatic heterocycles. The van der Waals surface area contributed by atoms with Gasteiger partial charge in [-0.05, 0) is 11.2 Å². The predicted octanol–water partition coefficient (Wildman–Crippen LogP) is 0.961. The summed E-state index contributed by atoms with van der Waals surface area (Å²) in [6, 6.07) is 3.19. The van der Waals surface area contributed by atoms with Crippen LogP contribution in [0.3, 0.4) is 0 Å². The smallest absolute Gasteiger partial charge is 0.0432 e. The lowest BCUT2D eigenvalue weighted by molar-refractivity contribution is 1.04. The second kappa shape index (κ2) is 1.98. The van der Waals surface area contributed by atoms with Crippen LogP contribution in [-0.2, 0) is 0 Å². The van der Waals surface area contributed by atoms with Crippen molar-refractivity contribution in [3.05, 3.63) is 23.3 Å². The van der Waals surface area contributed by atoms with Crippen molar-refractivity contribution in [2.24, 2.45) is 0 Å². The van der Waals surface area contributed by atoms with Crippen LogP contribution in [-0.4, -0.2) is 10.2 Å². The molecule has 1 aromatic heterocycles. The van der Waals surface area contributed by atoms with Crippen molar-refractivity contribution in [1.82, 2.24) is 10.2 Å². The maximum Gasteiger partial charge on any atom is 0.488 e. The molecule has 1 rings (SSSR count). The summed E-state index contributed by atoms with van der Waals surface area (Å²) in [7, 11) is 0. The Kier molecular flexibility index (Phi) is 1.15. The molecule has 0 radical (unpaired) electrons. The Bertz CT molecular complexity index is 199. The van der Waals surface area contributed by atoms with Gasteiger partial charge in [-0.25, -0.2) is 0 Å². The van der Waals surface area contributed by atoms with Crippen molar-refractivity contribution in [2.45, 2.75) is 0 Å². The van der Waals surface area contributed by atoms with Crippen LogP contribution in [0.1, 0.15) is 0 Å². The average Bonchev–Trinajstić information content (AvgIpc) is 1.90. The van der Waals surface area contributed by atoms with E-state index in [0.717, 1.165) is 0 Å². The van der Waals surface area contributed by atoms with Gasteiger partial charge >= 0.3 is 5.82 Å². The van der Waals surface area contributed by atoms with Crippen LogP contribution >= 0.6 is 0 Å². The van der Waals surface area contributed by atoms with Gasteiger partial charge in [0.15, 0.2) is 0 Å². The highest BCUT2D eigenvalue weighted by Crippen LogP contribution is 2.00. The Morgan fingerprint density at radius 2 is 2.50 bits per heavy atom. The molecule has 0 aromatic carbocycles. The zero-order chi connectivity index (χ0) is 5.82. The fourth-order valence-corrected chi connectivity index (χ4v) is 0.347. The third kappa shape index (κ3) is 0.763. The van der Waals surface area contributed by atoms with Crippen LogP contribution in [0, 0.1) is 5.39 Å². The molecule has 8 heavy (non-hydrogen) atoms. The molecule has 0 unspecified atom stereocenters. The highest BCUT2D eigenvalue weighted by Gasteiger charge is 2.00. The first-order valence-electron chi connectivity index (χ1n) is 2.06. The van der Waals surface area contributed by atoms with E-state index in [1.54, 1.807) is 12.1 Å². The minimum Gasteiger partial charge on any atom is -0.0432 e. The summed E-state index contributed by atoms with van der Waals surface area (Å²) < 4.78 is 0. The summed E-state index contributed by atoms with van der Waals surface area (Å²) in [5, 5.41) is 14.9. The lowest BCUT2D eigenvalue weighted by Crippen LogP contribution is -1.73. The summed E-state index contributed by atoms with van der Waals surface area (Å²) in [4.78, 5) is 2.80. The fourth-order valence-electron chi connectivity index (χ4n) is 0.347. The third-order valence-corrected chi connectivity index (χ3v) is 0.661. The Morgan fingerprint density at radius 3 is 2.88 bits per heavy atom. The molecule has 38 valence electrons. The highest BCUT2D eigenvalue weighted by molar-refractivity contribution is 5.30. The summed E-state index contributed by atoms with van der Waals surface area (Å²) in [6.07, 6.45) is 1.51. The molecule has 4 nitrogen and oxygen atoms in total. The van der Waals surface area contributed by atoms with Crippen LogP contribution in [0.2, 0.25) is 0 Å². The zero-order valence-electron chi connectivity index (χ0n) is 4.02. The van der Waals surface area contributed by atoms with Crippen molar-refractivity contribution in [1.29, 1.82) is 5.39 Å². The lowest BCUT2D eigenvalue weighted by Gasteiger charge is -1.64. The van der Waals surface area contributed by atoms with E-state index < -0.39 is 0 Å². The molecule has 0 amide bonds. The van der Waals surface area contributed by atoms with Crippen molar-refractivity contribution >= 4 is 5.82 Å². The largest absolute Gasteiger partial charge is 0.488 e. The number of nitrogens with zero attached hydrogens (tertiary/aromatic N) is 4. The van der Waals surface area contributed by atoms with E-state index in [1.807, 2.05) is 0 Å². The van der Waals surface area contributed by atoms with Gasteiger partial charge in [0.05, 0.1) is 17.7 Å². The Hall–Kier alpha value is -1.50. The molecule has 0 bridgehead atoms. The molecule has 0 saturated carbocycles. The molecule has 0 fully saturated rings. The van der Waals surface area contributed by atoms with E-state index in [1.165, 1.54) is 6.20 Å². The van der Waals surface area contributed by atoms with Gasteiger partial charge in [0.25, 0.3) is 0 Å². The van der Waals surface area contributed by atoms with Gasteiger partial charge in [0.1, 0.15) is 5.10 Å². The molecule has 1 heterocycles. The molecule has 0 spiro atoms. The molecule has 0 aliphatic carbocycles. The third-order valence-electron chi connectivity index (χ3n) is 0.661. The second-order valence-electron chi connectivity index (χ2n) is 1.18. The van der Waals surface area contributed by atoms with Crippen molar-refractivity contribution in [2.75, 3.05) is 0 Å². The van der Waals surface area contributed by atoms with Crippen molar-refractivity contribution < 1.29 is 0 Å². The fraction of sp³-hybridized carbons (Fsp3) is 0. The van der Waals surface area contributed by atoms with Crippen LogP contribution in [0.25, 0.3) is 4.98 Å². The van der Waals surface area contributed by atoms with Gasteiger partial charge in [-0.3, -0.25) is 0 Å². The van der Waals surface area contributed by atoms with Crippen molar-refractivity contribution in [3.63, 3.8) is 0 Å². The first kappa shape index (κ1) is 4.65. The van der Waals surface area contributed by atoms with E-state index in [0.29, 0.717) is 0 Å². The van der Waals surface area contributed by atoms with Crippen LogP contribution in [0.4, 0.5) is 5.82 Å². The van der Waals surface area contributed by atoms with Crippen LogP contribution < -0.4 is 0 Å². The molecule has 0 saturated heterocycles. The predicted molar refractivity (Wildman–Crippen MR) is 26.8 cm³/mol. The highest BCUT2D eigenvalue weighted by atomic mass is 15.1. The first-order chi connectivity index (χ1) is 3.93. The van der Waals surface area contributed by atoms with E-state index in [9.17, 15) is 0 Å². The van der Waals surface area contributed by atoms with Gasteiger partial charge in [-0.15, -0.1) is 0 Å². The van der Waals surface area contributed by atoms with Gasteiger partial charge in [-0.2, -0.15) is 0 Å². The molecule has 0 atom stereocenters. The summed E-state index contributed by atoms with van der Waals surface area (Å²) in [5.74, 6) is 0.229. The molecule has 4 heteroatoms. The normalized spacial score (nSPS) is 7.88. The maximum absolute atomic E-state index is 8.06. The molecule has 0 N–H and O–H groups in total. The number of hydrogen-bond acceptors (Lipinski definition) is 3. The summed E-state index contributed by atoms with van der Waals surface area (Å²) >= 11 is 0. The quantitative estimate of drug-likeness (QED) is 0.464. The molecular formula is C4H3N4+. The second-order valence-corrected chi connectivity index (χ2v) is 1.18. The van der Waals surface area contributed by atoms with E-state index in [-0.39, 0.29) is 5.82 Å². The van der Waals surface area contributed by atoms with Crippen molar-refractivity contribution in [3.8, 4) is 0 Å². The van der Waals surface area contributed by atoms with Crippen LogP contribution in [0.5, 0.6) is 0 Å². The number of hydrogen-bond donors (Lipinski definition) is 0. The zero-order valence-corrected chi connectivity index (χ0v) is 4.02. The van der Waals surface area contributed by atoms with Gasteiger partial charge in [0, 0.05) is 4.98 Å². The van der Waals surface area contributed by atoms with E-state index in [2.05, 4.69) is 15.2 Å². The SMILES string of the molecule is N#[N+]c1cccnn1. The average molecular weight is 107 g/mol. The molecular weight excluding hydrogens is 104 g/mol. The maximum atomic E-state index is 8.06.